The Hall–Kier alpha value is -4.52. The molecule has 0 bridgehead atoms. The molecule has 0 aliphatic heterocycles. The van der Waals surface area contributed by atoms with Crippen LogP contribution in [0.15, 0.2) is 79.6 Å². The fourth-order valence-electron chi connectivity index (χ4n) is 5.96. The van der Waals surface area contributed by atoms with Gasteiger partial charge in [0, 0.05) is 34.6 Å². The van der Waals surface area contributed by atoms with Crippen LogP contribution in [0.2, 0.25) is 0 Å². The zero-order chi connectivity index (χ0) is 26.2. The molecule has 7 nitrogen and oxygen atoms in total. The van der Waals surface area contributed by atoms with E-state index in [0.717, 1.165) is 80.3 Å². The van der Waals surface area contributed by atoms with Crippen molar-refractivity contribution in [3.05, 3.63) is 85.1 Å². The van der Waals surface area contributed by atoms with Gasteiger partial charge in [0.1, 0.15) is 11.2 Å². The minimum Gasteiger partial charge on any atom is -0.358 e. The monoisotopic (exact) mass is 513 g/mol. The van der Waals surface area contributed by atoms with Gasteiger partial charge in [0.25, 0.3) is 0 Å². The van der Waals surface area contributed by atoms with Crippen LogP contribution in [0.5, 0.6) is 0 Å². The number of pyridine rings is 3. The molecule has 5 aromatic rings. The third-order valence-corrected chi connectivity index (χ3v) is 7.91. The molecule has 5 heterocycles. The van der Waals surface area contributed by atoms with Crippen molar-refractivity contribution in [3.8, 4) is 22.6 Å². The highest BCUT2D eigenvalue weighted by Crippen LogP contribution is 2.34. The molecule has 7 heteroatoms. The van der Waals surface area contributed by atoms with Gasteiger partial charge >= 0.3 is 0 Å². The third-order valence-electron chi connectivity index (χ3n) is 7.91. The first kappa shape index (κ1) is 23.6. The summed E-state index contributed by atoms with van der Waals surface area (Å²) in [5, 5.41) is 12.4. The van der Waals surface area contributed by atoms with Gasteiger partial charge in [0.15, 0.2) is 0 Å². The van der Waals surface area contributed by atoms with Gasteiger partial charge in [0.05, 0.1) is 40.5 Å². The highest BCUT2D eigenvalue weighted by Gasteiger charge is 2.17. The Morgan fingerprint density at radius 2 is 1.90 bits per heavy atom. The summed E-state index contributed by atoms with van der Waals surface area (Å²) in [4.78, 5) is 17.5. The van der Waals surface area contributed by atoms with Crippen LogP contribution in [0.1, 0.15) is 50.5 Å². The maximum atomic E-state index is 5.02. The summed E-state index contributed by atoms with van der Waals surface area (Å²) in [6, 6.07) is 8.28. The average molecular weight is 514 g/mol. The molecule has 2 aliphatic rings. The largest absolute Gasteiger partial charge is 0.358 e. The number of hydrogen-bond donors (Lipinski definition) is 3. The molecular weight excluding hydrogens is 482 g/mol. The lowest BCUT2D eigenvalue weighted by molar-refractivity contribution is 0.357. The summed E-state index contributed by atoms with van der Waals surface area (Å²) in [5.74, 6) is 0.737. The lowest BCUT2D eigenvalue weighted by Crippen LogP contribution is -2.10. The van der Waals surface area contributed by atoms with E-state index in [0.29, 0.717) is 0 Å². The van der Waals surface area contributed by atoms with Gasteiger partial charge in [-0.15, -0.1) is 0 Å². The van der Waals surface area contributed by atoms with Crippen molar-refractivity contribution in [1.82, 2.24) is 30.1 Å². The molecule has 0 spiro atoms. The summed E-state index contributed by atoms with van der Waals surface area (Å²) in [7, 11) is 0. The number of anilines is 1. The first-order valence-electron chi connectivity index (χ1n) is 13.8. The zero-order valence-corrected chi connectivity index (χ0v) is 21.9. The van der Waals surface area contributed by atoms with Crippen LogP contribution in [-0.4, -0.2) is 30.1 Å². The maximum absolute atomic E-state index is 5.02. The Labute approximate surface area is 227 Å². The van der Waals surface area contributed by atoms with E-state index in [4.69, 9.17) is 4.98 Å². The second-order valence-electron chi connectivity index (χ2n) is 10.7. The smallest absolute Gasteiger partial charge is 0.135 e. The Balaban J connectivity index is 1.18. The fourth-order valence-corrected chi connectivity index (χ4v) is 5.96. The number of nitrogens with one attached hydrogen (secondary N) is 3. The maximum Gasteiger partial charge on any atom is 0.135 e. The van der Waals surface area contributed by atoms with Crippen molar-refractivity contribution in [3.63, 3.8) is 0 Å². The number of aromatic amines is 2. The molecule has 39 heavy (non-hydrogen) atoms. The summed E-state index contributed by atoms with van der Waals surface area (Å²) in [6.45, 7) is 4.29. The van der Waals surface area contributed by atoms with Crippen molar-refractivity contribution < 1.29 is 0 Å². The molecule has 1 fully saturated rings. The number of aromatic nitrogens is 6. The van der Waals surface area contributed by atoms with Crippen molar-refractivity contribution in [1.29, 1.82) is 0 Å². The van der Waals surface area contributed by atoms with Crippen LogP contribution in [0, 0.1) is 5.92 Å². The van der Waals surface area contributed by atoms with Gasteiger partial charge in [-0.2, -0.15) is 5.10 Å². The molecular formula is C32H31N7. The molecule has 5 aromatic heterocycles. The van der Waals surface area contributed by atoms with E-state index in [1.54, 1.807) is 0 Å². The molecule has 0 atom stereocenters. The van der Waals surface area contributed by atoms with E-state index in [-0.39, 0.29) is 0 Å². The standard InChI is InChI=1S/C32H31N7/c1-20(13-21-7-3-2-4-8-21)35-24-14-23(16-33-17-24)27-11-12-28-31(37-27)32(39-38-28)29-15-25-26(22-9-5-6-10-22)18-34-19-30(25)36-29/h5,9-12,14-19,21,35-36H,1-4,6-8,13H2,(H,38,39). The molecule has 2 aliphatic carbocycles. The zero-order valence-electron chi connectivity index (χ0n) is 21.9. The van der Waals surface area contributed by atoms with Crippen LogP contribution in [0.3, 0.4) is 0 Å². The van der Waals surface area contributed by atoms with E-state index >= 15 is 0 Å². The summed E-state index contributed by atoms with van der Waals surface area (Å²) < 4.78 is 0. The predicted octanol–water partition coefficient (Wildman–Crippen LogP) is 7.80. The Morgan fingerprint density at radius 1 is 1.00 bits per heavy atom. The van der Waals surface area contributed by atoms with Crippen LogP contribution >= 0.6 is 0 Å². The van der Waals surface area contributed by atoms with E-state index < -0.39 is 0 Å². The van der Waals surface area contributed by atoms with Gasteiger partial charge in [-0.25, -0.2) is 4.98 Å². The van der Waals surface area contributed by atoms with E-state index in [2.05, 4.69) is 67.4 Å². The van der Waals surface area contributed by atoms with Crippen molar-refractivity contribution in [2.24, 2.45) is 5.92 Å². The molecule has 3 N–H and O–H groups in total. The fraction of sp³-hybridized carbons (Fsp3) is 0.250. The number of rotatable bonds is 7. The highest BCUT2D eigenvalue weighted by atomic mass is 15.1. The Morgan fingerprint density at radius 3 is 2.77 bits per heavy atom. The summed E-state index contributed by atoms with van der Waals surface area (Å²) >= 11 is 0. The second kappa shape index (κ2) is 9.98. The Bertz CT molecular complexity index is 1750. The minimum absolute atomic E-state index is 0.737. The van der Waals surface area contributed by atoms with Gasteiger partial charge in [-0.3, -0.25) is 15.1 Å². The molecule has 194 valence electrons. The number of nitrogens with zero attached hydrogens (tertiary/aromatic N) is 4. The lowest BCUT2D eigenvalue weighted by Gasteiger charge is -2.22. The number of allylic oxidation sites excluding steroid dienone is 5. The second-order valence-corrected chi connectivity index (χ2v) is 10.7. The Kier molecular flexibility index (Phi) is 6.04. The van der Waals surface area contributed by atoms with E-state index in [1.807, 2.05) is 36.9 Å². The molecule has 0 unspecified atom stereocenters. The normalized spacial score (nSPS) is 15.7. The highest BCUT2D eigenvalue weighted by molar-refractivity contribution is 5.99. The van der Waals surface area contributed by atoms with Crippen molar-refractivity contribution >= 4 is 33.2 Å². The van der Waals surface area contributed by atoms with Crippen LogP contribution in [0.25, 0.3) is 50.2 Å². The predicted molar refractivity (Wildman–Crippen MR) is 158 cm³/mol. The number of fused-ring (bicyclic) bond motifs is 2. The first-order valence-corrected chi connectivity index (χ1v) is 13.8. The molecule has 1 saturated carbocycles. The van der Waals surface area contributed by atoms with Gasteiger partial charge in [-0.1, -0.05) is 56.9 Å². The number of H-pyrrole nitrogens is 2. The summed E-state index contributed by atoms with van der Waals surface area (Å²) in [6.07, 6.45) is 22.7. The SMILES string of the molecule is C=C(CC1CCCCC1)Nc1cncc(-c2ccc3[nH]nc(-c4cc5c(C6=CCC=C6)cncc5[nH]4)c3n2)c1. The van der Waals surface area contributed by atoms with Crippen molar-refractivity contribution in [2.75, 3.05) is 5.32 Å². The molecule has 0 aromatic carbocycles. The molecule has 0 radical (unpaired) electrons. The van der Waals surface area contributed by atoms with Gasteiger partial charge in [0.2, 0.25) is 0 Å². The van der Waals surface area contributed by atoms with Gasteiger partial charge < -0.3 is 10.3 Å². The minimum atomic E-state index is 0.737. The lowest BCUT2D eigenvalue weighted by atomic mass is 9.86. The van der Waals surface area contributed by atoms with E-state index in [9.17, 15) is 0 Å². The van der Waals surface area contributed by atoms with E-state index in [1.165, 1.54) is 37.7 Å². The van der Waals surface area contributed by atoms with Crippen LogP contribution in [0.4, 0.5) is 5.69 Å². The first-order chi connectivity index (χ1) is 19.2. The summed E-state index contributed by atoms with van der Waals surface area (Å²) in [5.41, 5.74) is 10.5. The molecule has 7 rings (SSSR count). The molecule has 0 amide bonds. The topological polar surface area (TPSA) is 95.2 Å². The number of hydrogen-bond acceptors (Lipinski definition) is 5. The van der Waals surface area contributed by atoms with Crippen molar-refractivity contribution in [2.45, 2.75) is 44.9 Å². The third kappa shape index (κ3) is 4.65. The quantitative estimate of drug-likeness (QED) is 0.206. The van der Waals surface area contributed by atoms with Crippen LogP contribution in [-0.2, 0) is 0 Å². The molecule has 0 saturated heterocycles. The average Bonchev–Trinajstić information content (AvgIpc) is 3.73. The van der Waals surface area contributed by atoms with Gasteiger partial charge in [-0.05, 0) is 48.6 Å². The van der Waals surface area contributed by atoms with Crippen LogP contribution < -0.4 is 5.32 Å².